The molecule has 1 N–H and O–H groups in total. The molecule has 1 aliphatic rings. The Hall–Kier alpha value is -0.120. The summed E-state index contributed by atoms with van der Waals surface area (Å²) >= 11 is 0. The molecule has 0 radical (unpaired) electrons. The fourth-order valence-electron chi connectivity index (χ4n) is 3.06. The Morgan fingerprint density at radius 1 is 1.00 bits per heavy atom. The van der Waals surface area contributed by atoms with Gasteiger partial charge in [0.05, 0.1) is 0 Å². The number of rotatable bonds is 9. The SMILES string of the molecule is CCCCCC(C)NCC(C(C)C)N1CCN(C)CC1. The lowest BCUT2D eigenvalue weighted by atomic mass is 10.0. The molecule has 120 valence electrons. The third-order valence-electron chi connectivity index (χ3n) is 4.69. The van der Waals surface area contributed by atoms with Crippen LogP contribution in [0.2, 0.25) is 0 Å². The van der Waals surface area contributed by atoms with Gasteiger partial charge in [-0.05, 0) is 26.3 Å². The van der Waals surface area contributed by atoms with Crippen LogP contribution in [0.25, 0.3) is 0 Å². The summed E-state index contributed by atoms with van der Waals surface area (Å²) in [5.41, 5.74) is 0. The lowest BCUT2D eigenvalue weighted by Crippen LogP contribution is -2.54. The monoisotopic (exact) mass is 283 g/mol. The minimum absolute atomic E-state index is 0.662. The lowest BCUT2D eigenvalue weighted by molar-refractivity contribution is 0.0861. The first-order valence-corrected chi connectivity index (χ1v) is 8.70. The topological polar surface area (TPSA) is 18.5 Å². The van der Waals surface area contributed by atoms with Gasteiger partial charge in [0, 0.05) is 44.8 Å². The zero-order valence-electron chi connectivity index (χ0n) is 14.5. The van der Waals surface area contributed by atoms with Gasteiger partial charge in [-0.3, -0.25) is 4.90 Å². The van der Waals surface area contributed by atoms with E-state index in [1.165, 1.54) is 51.9 Å². The normalized spacial score (nSPS) is 21.3. The van der Waals surface area contributed by atoms with Gasteiger partial charge in [-0.15, -0.1) is 0 Å². The summed E-state index contributed by atoms with van der Waals surface area (Å²) in [6, 6.07) is 1.35. The van der Waals surface area contributed by atoms with E-state index in [4.69, 9.17) is 0 Å². The molecule has 1 saturated heterocycles. The molecule has 0 aromatic rings. The van der Waals surface area contributed by atoms with E-state index in [0.29, 0.717) is 12.1 Å². The van der Waals surface area contributed by atoms with Gasteiger partial charge in [-0.2, -0.15) is 0 Å². The fraction of sp³-hybridized carbons (Fsp3) is 1.00. The number of nitrogens with zero attached hydrogens (tertiary/aromatic N) is 2. The van der Waals surface area contributed by atoms with Crippen LogP contribution in [0.5, 0.6) is 0 Å². The van der Waals surface area contributed by atoms with Crippen molar-refractivity contribution in [2.45, 2.75) is 65.5 Å². The quantitative estimate of drug-likeness (QED) is 0.657. The highest BCUT2D eigenvalue weighted by Crippen LogP contribution is 2.13. The van der Waals surface area contributed by atoms with E-state index in [9.17, 15) is 0 Å². The van der Waals surface area contributed by atoms with Crippen LogP contribution in [-0.2, 0) is 0 Å². The number of hydrogen-bond donors (Lipinski definition) is 1. The standard InChI is InChI=1S/C17H37N3/c1-6-7-8-9-16(4)18-14-17(15(2)3)20-12-10-19(5)11-13-20/h15-18H,6-14H2,1-5H3. The Labute approximate surface area is 127 Å². The van der Waals surface area contributed by atoms with Crippen molar-refractivity contribution >= 4 is 0 Å². The summed E-state index contributed by atoms with van der Waals surface area (Å²) in [6.45, 7) is 15.4. The Balaban J connectivity index is 2.31. The molecule has 1 aliphatic heterocycles. The molecule has 0 aliphatic carbocycles. The summed E-state index contributed by atoms with van der Waals surface area (Å²) in [4.78, 5) is 5.13. The second-order valence-electron chi connectivity index (χ2n) is 6.96. The molecular formula is C17H37N3. The smallest absolute Gasteiger partial charge is 0.0244 e. The van der Waals surface area contributed by atoms with Crippen molar-refractivity contribution in [3.63, 3.8) is 0 Å². The molecule has 3 nitrogen and oxygen atoms in total. The predicted molar refractivity (Wildman–Crippen MR) is 89.3 cm³/mol. The minimum atomic E-state index is 0.662. The highest BCUT2D eigenvalue weighted by Gasteiger charge is 2.24. The highest BCUT2D eigenvalue weighted by molar-refractivity contribution is 4.82. The van der Waals surface area contributed by atoms with Gasteiger partial charge in [-0.25, -0.2) is 0 Å². The largest absolute Gasteiger partial charge is 0.313 e. The van der Waals surface area contributed by atoms with Crippen LogP contribution in [0.4, 0.5) is 0 Å². The summed E-state index contributed by atoms with van der Waals surface area (Å²) < 4.78 is 0. The fourth-order valence-corrected chi connectivity index (χ4v) is 3.06. The van der Waals surface area contributed by atoms with Crippen LogP contribution in [-0.4, -0.2) is 61.7 Å². The van der Waals surface area contributed by atoms with Gasteiger partial charge in [-0.1, -0.05) is 40.0 Å². The molecule has 2 atom stereocenters. The van der Waals surface area contributed by atoms with Crippen molar-refractivity contribution in [3.8, 4) is 0 Å². The van der Waals surface area contributed by atoms with Crippen LogP contribution in [0.1, 0.15) is 53.4 Å². The molecule has 0 aromatic heterocycles. The van der Waals surface area contributed by atoms with E-state index < -0.39 is 0 Å². The van der Waals surface area contributed by atoms with E-state index in [1.807, 2.05) is 0 Å². The molecule has 0 bridgehead atoms. The molecular weight excluding hydrogens is 246 g/mol. The van der Waals surface area contributed by atoms with Crippen LogP contribution >= 0.6 is 0 Å². The first-order valence-electron chi connectivity index (χ1n) is 8.70. The van der Waals surface area contributed by atoms with E-state index in [0.717, 1.165) is 12.5 Å². The molecule has 20 heavy (non-hydrogen) atoms. The van der Waals surface area contributed by atoms with Gasteiger partial charge in [0.15, 0.2) is 0 Å². The molecule has 0 saturated carbocycles. The van der Waals surface area contributed by atoms with Crippen molar-refractivity contribution in [1.82, 2.24) is 15.1 Å². The van der Waals surface area contributed by atoms with Gasteiger partial charge < -0.3 is 10.2 Å². The number of hydrogen-bond acceptors (Lipinski definition) is 3. The molecule has 0 aromatic carbocycles. The third-order valence-corrected chi connectivity index (χ3v) is 4.69. The van der Waals surface area contributed by atoms with Gasteiger partial charge in [0.1, 0.15) is 0 Å². The lowest BCUT2D eigenvalue weighted by Gasteiger charge is -2.40. The average molecular weight is 284 g/mol. The van der Waals surface area contributed by atoms with Crippen molar-refractivity contribution in [2.75, 3.05) is 39.8 Å². The highest BCUT2D eigenvalue weighted by atomic mass is 15.3. The van der Waals surface area contributed by atoms with Crippen molar-refractivity contribution < 1.29 is 0 Å². The van der Waals surface area contributed by atoms with Crippen molar-refractivity contribution in [2.24, 2.45) is 5.92 Å². The number of likely N-dealkylation sites (N-methyl/N-ethyl adjacent to an activating group) is 1. The molecule has 0 spiro atoms. The minimum Gasteiger partial charge on any atom is -0.313 e. The second-order valence-corrected chi connectivity index (χ2v) is 6.96. The Morgan fingerprint density at radius 2 is 1.65 bits per heavy atom. The average Bonchev–Trinajstić information content (AvgIpc) is 2.41. The predicted octanol–water partition coefficient (Wildman–Crippen LogP) is 2.82. The van der Waals surface area contributed by atoms with E-state index >= 15 is 0 Å². The molecule has 3 heteroatoms. The summed E-state index contributed by atoms with van der Waals surface area (Å²) in [5.74, 6) is 0.730. The maximum Gasteiger partial charge on any atom is 0.0244 e. The summed E-state index contributed by atoms with van der Waals surface area (Å²) in [5, 5.41) is 3.78. The Morgan fingerprint density at radius 3 is 2.20 bits per heavy atom. The maximum absolute atomic E-state index is 3.78. The number of unbranched alkanes of at least 4 members (excludes halogenated alkanes) is 2. The van der Waals surface area contributed by atoms with Crippen molar-refractivity contribution in [1.29, 1.82) is 0 Å². The zero-order valence-corrected chi connectivity index (χ0v) is 14.5. The van der Waals surface area contributed by atoms with Gasteiger partial charge in [0.2, 0.25) is 0 Å². The first-order chi connectivity index (χ1) is 9.54. The summed E-state index contributed by atoms with van der Waals surface area (Å²) in [7, 11) is 2.23. The summed E-state index contributed by atoms with van der Waals surface area (Å²) in [6.07, 6.45) is 5.38. The van der Waals surface area contributed by atoms with Crippen LogP contribution in [0, 0.1) is 5.92 Å². The van der Waals surface area contributed by atoms with Gasteiger partial charge >= 0.3 is 0 Å². The number of nitrogens with one attached hydrogen (secondary N) is 1. The molecule has 0 amide bonds. The Bertz CT molecular complexity index is 234. The van der Waals surface area contributed by atoms with E-state index in [1.54, 1.807) is 0 Å². The maximum atomic E-state index is 3.78. The van der Waals surface area contributed by atoms with Gasteiger partial charge in [0.25, 0.3) is 0 Å². The molecule has 2 unspecified atom stereocenters. The van der Waals surface area contributed by atoms with Crippen LogP contribution in [0.15, 0.2) is 0 Å². The van der Waals surface area contributed by atoms with Crippen LogP contribution in [0.3, 0.4) is 0 Å². The number of piperazine rings is 1. The third kappa shape index (κ3) is 6.55. The molecule has 1 heterocycles. The molecule has 1 rings (SSSR count). The van der Waals surface area contributed by atoms with E-state index in [-0.39, 0.29) is 0 Å². The first kappa shape index (κ1) is 17.9. The van der Waals surface area contributed by atoms with Crippen LogP contribution < -0.4 is 5.32 Å². The Kier molecular flexibility index (Phi) is 8.74. The second kappa shape index (κ2) is 9.75. The van der Waals surface area contributed by atoms with E-state index in [2.05, 4.69) is 49.9 Å². The zero-order chi connectivity index (χ0) is 15.0. The van der Waals surface area contributed by atoms with Crippen molar-refractivity contribution in [3.05, 3.63) is 0 Å². The molecule has 1 fully saturated rings.